The average Bonchev–Trinajstić information content (AvgIpc) is 2.73. The van der Waals surface area contributed by atoms with Gasteiger partial charge in [0.25, 0.3) is 0 Å². The number of nitrogens with two attached hydrogens (primary N) is 1. The van der Waals surface area contributed by atoms with Gasteiger partial charge in [-0.1, -0.05) is 44.2 Å². The van der Waals surface area contributed by atoms with Gasteiger partial charge in [0, 0.05) is 12.8 Å². The van der Waals surface area contributed by atoms with Crippen molar-refractivity contribution in [1.82, 2.24) is 16.0 Å². The van der Waals surface area contributed by atoms with Crippen LogP contribution in [-0.4, -0.2) is 64.5 Å². The molecule has 0 heterocycles. The van der Waals surface area contributed by atoms with Crippen LogP contribution >= 0.6 is 0 Å². The molecule has 7 N–H and O–H groups in total. The van der Waals surface area contributed by atoms with Gasteiger partial charge in [-0.15, -0.1) is 0 Å². The number of benzene rings is 1. The van der Waals surface area contributed by atoms with Crippen molar-refractivity contribution >= 4 is 29.7 Å². The molecule has 11 heteroatoms. The van der Waals surface area contributed by atoms with Crippen molar-refractivity contribution in [3.8, 4) is 0 Å². The Morgan fingerprint density at radius 2 is 1.50 bits per heavy atom. The van der Waals surface area contributed by atoms with Crippen LogP contribution in [0, 0.1) is 5.92 Å². The summed E-state index contributed by atoms with van der Waals surface area (Å²) >= 11 is 0. The van der Waals surface area contributed by atoms with E-state index in [4.69, 9.17) is 10.8 Å². The smallest absolute Gasteiger partial charge is 0.326 e. The van der Waals surface area contributed by atoms with Crippen molar-refractivity contribution in [3.05, 3.63) is 35.9 Å². The van der Waals surface area contributed by atoms with E-state index in [0.29, 0.717) is 0 Å². The Hall–Kier alpha value is -3.47. The minimum absolute atomic E-state index is 0.107. The summed E-state index contributed by atoms with van der Waals surface area (Å²) in [4.78, 5) is 59.8. The first-order valence-corrected chi connectivity index (χ1v) is 10.1. The van der Waals surface area contributed by atoms with Gasteiger partial charge in [0.2, 0.25) is 17.7 Å². The average molecular weight is 450 g/mol. The number of carbonyl (C=O) groups excluding carboxylic acids is 3. The Morgan fingerprint density at radius 1 is 0.906 bits per heavy atom. The highest BCUT2D eigenvalue weighted by Gasteiger charge is 2.31. The summed E-state index contributed by atoms with van der Waals surface area (Å²) in [6.45, 7) is 2.85. The minimum atomic E-state index is -1.31. The third-order valence-electron chi connectivity index (χ3n) is 4.63. The fourth-order valence-corrected chi connectivity index (χ4v) is 2.89. The van der Waals surface area contributed by atoms with Gasteiger partial charge >= 0.3 is 11.9 Å². The highest BCUT2D eigenvalue weighted by molar-refractivity contribution is 5.94. The normalized spacial score (nSPS) is 13.5. The molecule has 32 heavy (non-hydrogen) atoms. The second-order valence-corrected chi connectivity index (χ2v) is 7.58. The number of nitrogens with one attached hydrogen (secondary N) is 3. The van der Waals surface area contributed by atoms with E-state index in [2.05, 4.69) is 16.0 Å². The van der Waals surface area contributed by atoms with Crippen molar-refractivity contribution in [2.24, 2.45) is 11.7 Å². The fraction of sp³-hybridized carbons (Fsp3) is 0.476. The highest BCUT2D eigenvalue weighted by atomic mass is 16.4. The number of hydrogen-bond donors (Lipinski definition) is 6. The van der Waals surface area contributed by atoms with E-state index in [9.17, 15) is 29.1 Å². The molecule has 3 unspecified atom stereocenters. The summed E-state index contributed by atoms with van der Waals surface area (Å²) in [5.41, 5.74) is 6.07. The van der Waals surface area contributed by atoms with Gasteiger partial charge in [-0.3, -0.25) is 19.2 Å². The molecular weight excluding hydrogens is 420 g/mol. The first kappa shape index (κ1) is 26.6. The molecule has 3 amide bonds. The van der Waals surface area contributed by atoms with Crippen LogP contribution in [0.4, 0.5) is 0 Å². The molecule has 1 aromatic carbocycles. The second-order valence-electron chi connectivity index (χ2n) is 7.58. The maximum atomic E-state index is 12.9. The topological polar surface area (TPSA) is 188 Å². The molecule has 0 saturated carbocycles. The lowest BCUT2D eigenvalue weighted by molar-refractivity contribution is -0.144. The summed E-state index contributed by atoms with van der Waals surface area (Å²) < 4.78 is 0. The molecule has 0 aromatic heterocycles. The lowest BCUT2D eigenvalue weighted by Gasteiger charge is -2.25. The van der Waals surface area contributed by atoms with Crippen LogP contribution in [0.2, 0.25) is 0 Å². The van der Waals surface area contributed by atoms with Gasteiger partial charge in [-0.05, 0) is 17.9 Å². The van der Waals surface area contributed by atoms with Gasteiger partial charge in [0.05, 0.1) is 6.54 Å². The molecule has 0 spiro atoms. The van der Waals surface area contributed by atoms with Crippen molar-refractivity contribution in [3.63, 3.8) is 0 Å². The van der Waals surface area contributed by atoms with E-state index in [1.165, 1.54) is 0 Å². The summed E-state index contributed by atoms with van der Waals surface area (Å²) in [5, 5.41) is 25.5. The predicted molar refractivity (Wildman–Crippen MR) is 114 cm³/mol. The van der Waals surface area contributed by atoms with E-state index in [1.54, 1.807) is 44.2 Å². The second kappa shape index (κ2) is 13.1. The van der Waals surface area contributed by atoms with Crippen molar-refractivity contribution in [1.29, 1.82) is 0 Å². The van der Waals surface area contributed by atoms with E-state index < -0.39 is 60.1 Å². The number of amides is 3. The molecule has 0 aliphatic carbocycles. The lowest BCUT2D eigenvalue weighted by atomic mass is 10.0. The maximum Gasteiger partial charge on any atom is 0.326 e. The largest absolute Gasteiger partial charge is 0.481 e. The maximum absolute atomic E-state index is 12.9. The monoisotopic (exact) mass is 450 g/mol. The Bertz CT molecular complexity index is 814. The molecule has 0 aliphatic heterocycles. The fourth-order valence-electron chi connectivity index (χ4n) is 2.89. The minimum Gasteiger partial charge on any atom is -0.481 e. The zero-order chi connectivity index (χ0) is 24.3. The van der Waals surface area contributed by atoms with Gasteiger partial charge in [0.1, 0.15) is 18.1 Å². The molecule has 1 aromatic rings. The lowest BCUT2D eigenvalue weighted by Crippen LogP contribution is -2.57. The van der Waals surface area contributed by atoms with Crippen molar-refractivity contribution in [2.45, 2.75) is 51.2 Å². The van der Waals surface area contributed by atoms with Gasteiger partial charge < -0.3 is 31.9 Å². The Labute approximate surface area is 185 Å². The molecule has 11 nitrogen and oxygen atoms in total. The summed E-state index contributed by atoms with van der Waals surface area (Å²) in [6.07, 6.45) is -0.591. The highest BCUT2D eigenvalue weighted by Crippen LogP contribution is 2.07. The molecule has 3 atom stereocenters. The van der Waals surface area contributed by atoms with E-state index in [1.807, 2.05) is 0 Å². The zero-order valence-corrected chi connectivity index (χ0v) is 18.0. The van der Waals surface area contributed by atoms with Crippen LogP contribution in [0.3, 0.4) is 0 Å². The van der Waals surface area contributed by atoms with Gasteiger partial charge in [0.15, 0.2) is 0 Å². The number of aliphatic carboxylic acids is 2. The van der Waals surface area contributed by atoms with Crippen molar-refractivity contribution in [2.75, 3.05) is 6.54 Å². The number of rotatable bonds is 13. The van der Waals surface area contributed by atoms with Crippen LogP contribution < -0.4 is 21.7 Å². The Kier molecular flexibility index (Phi) is 10.8. The molecule has 176 valence electrons. The first-order valence-electron chi connectivity index (χ1n) is 10.1. The molecule has 1 rings (SSSR count). The SMILES string of the molecule is CC(C)C(NC(=O)C(CCC(=O)O)NC(=O)C(Cc1ccccc1)NC(=O)CN)C(=O)O. The summed E-state index contributed by atoms with van der Waals surface area (Å²) in [6, 6.07) is 5.21. The molecule has 0 aliphatic rings. The first-order chi connectivity index (χ1) is 15.0. The quantitative estimate of drug-likeness (QED) is 0.226. The molecular formula is C21H30N4O7. The Morgan fingerprint density at radius 3 is 2.00 bits per heavy atom. The van der Waals surface area contributed by atoms with Gasteiger partial charge in [-0.2, -0.15) is 0 Å². The van der Waals surface area contributed by atoms with Crippen LogP contribution in [0.5, 0.6) is 0 Å². The van der Waals surface area contributed by atoms with Crippen molar-refractivity contribution < 1.29 is 34.2 Å². The third kappa shape index (κ3) is 9.13. The van der Waals surface area contributed by atoms with E-state index in [-0.39, 0.29) is 19.4 Å². The predicted octanol–water partition coefficient (Wildman–Crippen LogP) is -0.752. The Balaban J connectivity index is 3.04. The molecule has 0 saturated heterocycles. The third-order valence-corrected chi connectivity index (χ3v) is 4.63. The van der Waals surface area contributed by atoms with Crippen LogP contribution in [0.1, 0.15) is 32.3 Å². The van der Waals surface area contributed by atoms with E-state index >= 15 is 0 Å². The standard InChI is InChI=1S/C21H30N4O7/c1-12(2)18(21(31)32)25-19(29)14(8-9-17(27)28)24-20(30)15(23-16(26)11-22)10-13-6-4-3-5-7-13/h3-7,12,14-15,18H,8-11,22H2,1-2H3,(H,23,26)(H,24,30)(H,25,29)(H,27,28)(H,31,32). The number of carboxylic acid groups (broad SMARTS) is 2. The number of hydrogen-bond acceptors (Lipinski definition) is 6. The van der Waals surface area contributed by atoms with Crippen LogP contribution in [0.25, 0.3) is 0 Å². The van der Waals surface area contributed by atoms with Crippen LogP contribution in [0.15, 0.2) is 30.3 Å². The van der Waals surface area contributed by atoms with E-state index in [0.717, 1.165) is 5.56 Å². The van der Waals surface area contributed by atoms with Crippen LogP contribution in [-0.2, 0) is 30.4 Å². The molecule has 0 radical (unpaired) electrons. The van der Waals surface area contributed by atoms with Gasteiger partial charge in [-0.25, -0.2) is 4.79 Å². The number of carboxylic acids is 2. The molecule has 0 fully saturated rings. The number of carbonyl (C=O) groups is 5. The summed E-state index contributed by atoms with van der Waals surface area (Å²) in [7, 11) is 0. The zero-order valence-electron chi connectivity index (χ0n) is 18.0. The summed E-state index contributed by atoms with van der Waals surface area (Å²) in [5.74, 6) is -5.02. The molecule has 0 bridgehead atoms.